The second kappa shape index (κ2) is 8.07. The van der Waals surface area contributed by atoms with Gasteiger partial charge in [-0.05, 0) is 49.6 Å². The predicted octanol–water partition coefficient (Wildman–Crippen LogP) is 3.81. The first kappa shape index (κ1) is 18.7. The van der Waals surface area contributed by atoms with Crippen molar-refractivity contribution in [2.24, 2.45) is 0 Å². The van der Waals surface area contributed by atoms with E-state index in [0.29, 0.717) is 18.7 Å². The number of rotatable bonds is 8. The van der Waals surface area contributed by atoms with Crippen molar-refractivity contribution >= 4 is 11.6 Å². The van der Waals surface area contributed by atoms with Gasteiger partial charge in [-0.15, -0.1) is 0 Å². The first-order valence-electron chi connectivity index (χ1n) is 8.88. The van der Waals surface area contributed by atoms with Crippen molar-refractivity contribution < 1.29 is 19.2 Å². The molecule has 1 fully saturated rings. The Hall–Kier alpha value is -3.09. The molecule has 0 aromatic heterocycles. The Morgan fingerprint density at radius 1 is 1.22 bits per heavy atom. The Balaban J connectivity index is 1.84. The van der Waals surface area contributed by atoms with Crippen LogP contribution in [0.3, 0.4) is 0 Å². The van der Waals surface area contributed by atoms with Crippen LogP contribution < -0.4 is 9.47 Å². The normalized spacial score (nSPS) is 13.1. The van der Waals surface area contributed by atoms with E-state index >= 15 is 0 Å². The Morgan fingerprint density at radius 2 is 1.93 bits per heavy atom. The average molecular weight is 370 g/mol. The topological polar surface area (TPSA) is 81.9 Å². The van der Waals surface area contributed by atoms with Crippen molar-refractivity contribution in [1.82, 2.24) is 4.90 Å². The van der Waals surface area contributed by atoms with Crippen LogP contribution in [0.2, 0.25) is 0 Å². The molecule has 1 aliphatic rings. The summed E-state index contributed by atoms with van der Waals surface area (Å²) in [5, 5.41) is 11.3. The summed E-state index contributed by atoms with van der Waals surface area (Å²) in [7, 11) is 1.61. The van der Waals surface area contributed by atoms with Crippen molar-refractivity contribution in [2.45, 2.75) is 32.4 Å². The maximum atomic E-state index is 13.0. The van der Waals surface area contributed by atoms with Crippen LogP contribution in [0.25, 0.3) is 0 Å². The lowest BCUT2D eigenvalue weighted by Crippen LogP contribution is -2.32. The second-order valence-electron chi connectivity index (χ2n) is 6.38. The van der Waals surface area contributed by atoms with Crippen LogP contribution in [-0.4, -0.2) is 35.5 Å². The van der Waals surface area contributed by atoms with E-state index in [1.165, 1.54) is 12.1 Å². The van der Waals surface area contributed by atoms with Gasteiger partial charge in [0.05, 0.1) is 18.6 Å². The molecule has 2 aromatic carbocycles. The van der Waals surface area contributed by atoms with Crippen LogP contribution >= 0.6 is 0 Å². The van der Waals surface area contributed by atoms with Gasteiger partial charge in [0.2, 0.25) is 0 Å². The number of nitrogens with zero attached hydrogens (tertiary/aromatic N) is 2. The molecule has 1 amide bonds. The fourth-order valence-electron chi connectivity index (χ4n) is 2.92. The van der Waals surface area contributed by atoms with E-state index in [0.717, 1.165) is 24.2 Å². The molecule has 0 bridgehead atoms. The SMILES string of the molecule is CCOc1ccc(C(=O)N(Cc2ccc(OC)cc2)C2CC2)cc1[N+](=O)[O-]. The first-order chi connectivity index (χ1) is 13.0. The Kier molecular flexibility index (Phi) is 5.59. The Morgan fingerprint density at radius 3 is 2.48 bits per heavy atom. The lowest BCUT2D eigenvalue weighted by Gasteiger charge is -2.23. The van der Waals surface area contributed by atoms with Crippen LogP contribution in [-0.2, 0) is 6.54 Å². The van der Waals surface area contributed by atoms with Gasteiger partial charge in [0, 0.05) is 24.2 Å². The summed E-state index contributed by atoms with van der Waals surface area (Å²) in [6, 6.07) is 12.1. The molecule has 0 heterocycles. The standard InChI is InChI=1S/C20H22N2O5/c1-3-27-19-11-6-15(12-18(19)22(24)25)20(23)21(16-7-8-16)13-14-4-9-17(26-2)10-5-14/h4-6,9-12,16H,3,7-8,13H2,1-2H3. The molecular weight excluding hydrogens is 348 g/mol. The maximum absolute atomic E-state index is 13.0. The number of hydrogen-bond donors (Lipinski definition) is 0. The summed E-state index contributed by atoms with van der Waals surface area (Å²) in [5.74, 6) is 0.719. The molecule has 0 radical (unpaired) electrons. The zero-order valence-corrected chi connectivity index (χ0v) is 15.4. The van der Waals surface area contributed by atoms with Gasteiger partial charge in [0.15, 0.2) is 5.75 Å². The second-order valence-corrected chi connectivity index (χ2v) is 6.38. The highest BCUT2D eigenvalue weighted by Crippen LogP contribution is 2.33. The number of ether oxygens (including phenoxy) is 2. The number of nitro groups is 1. The van der Waals surface area contributed by atoms with E-state index < -0.39 is 4.92 Å². The van der Waals surface area contributed by atoms with Gasteiger partial charge >= 0.3 is 5.69 Å². The van der Waals surface area contributed by atoms with Crippen LogP contribution in [0.5, 0.6) is 11.5 Å². The number of hydrogen-bond acceptors (Lipinski definition) is 5. The molecule has 0 spiro atoms. The van der Waals surface area contributed by atoms with E-state index in [9.17, 15) is 14.9 Å². The molecule has 7 nitrogen and oxygen atoms in total. The van der Waals surface area contributed by atoms with Gasteiger partial charge in [-0.2, -0.15) is 0 Å². The van der Waals surface area contributed by atoms with Gasteiger partial charge in [-0.25, -0.2) is 0 Å². The molecular formula is C20H22N2O5. The van der Waals surface area contributed by atoms with Crippen LogP contribution in [0.4, 0.5) is 5.69 Å². The van der Waals surface area contributed by atoms with Crippen molar-refractivity contribution in [3.63, 3.8) is 0 Å². The van der Waals surface area contributed by atoms with Gasteiger partial charge < -0.3 is 14.4 Å². The van der Waals surface area contributed by atoms with Gasteiger partial charge in [-0.1, -0.05) is 12.1 Å². The summed E-state index contributed by atoms with van der Waals surface area (Å²) >= 11 is 0. The average Bonchev–Trinajstić information content (AvgIpc) is 3.51. The molecule has 7 heteroatoms. The lowest BCUT2D eigenvalue weighted by molar-refractivity contribution is -0.385. The van der Waals surface area contributed by atoms with Crippen LogP contribution in [0.1, 0.15) is 35.7 Å². The van der Waals surface area contributed by atoms with Gasteiger partial charge in [-0.3, -0.25) is 14.9 Å². The van der Waals surface area contributed by atoms with Crippen molar-refractivity contribution in [3.05, 3.63) is 63.7 Å². The van der Waals surface area contributed by atoms with Crippen LogP contribution in [0, 0.1) is 10.1 Å². The highest BCUT2D eigenvalue weighted by atomic mass is 16.6. The van der Waals surface area contributed by atoms with Gasteiger partial charge in [0.1, 0.15) is 5.75 Å². The van der Waals surface area contributed by atoms with E-state index in [4.69, 9.17) is 9.47 Å². The van der Waals surface area contributed by atoms with E-state index in [1.54, 1.807) is 25.0 Å². The smallest absolute Gasteiger partial charge is 0.311 e. The summed E-state index contributed by atoms with van der Waals surface area (Å²) in [4.78, 5) is 25.6. The third-order valence-corrected chi connectivity index (χ3v) is 4.46. The fourth-order valence-corrected chi connectivity index (χ4v) is 2.92. The molecule has 1 aliphatic carbocycles. The van der Waals surface area contributed by atoms with Gasteiger partial charge in [0.25, 0.3) is 5.91 Å². The number of carbonyl (C=O) groups excluding carboxylic acids is 1. The lowest BCUT2D eigenvalue weighted by atomic mass is 10.1. The van der Waals surface area contributed by atoms with E-state index in [2.05, 4.69) is 0 Å². The Labute approximate surface area is 157 Å². The summed E-state index contributed by atoms with van der Waals surface area (Å²) in [6.45, 7) is 2.53. The van der Waals surface area contributed by atoms with Crippen molar-refractivity contribution in [2.75, 3.05) is 13.7 Å². The number of benzene rings is 2. The molecule has 142 valence electrons. The van der Waals surface area contributed by atoms with E-state index in [1.807, 2.05) is 24.3 Å². The molecule has 1 saturated carbocycles. The van der Waals surface area contributed by atoms with Crippen molar-refractivity contribution in [3.8, 4) is 11.5 Å². The minimum atomic E-state index is -0.521. The number of amides is 1. The zero-order valence-electron chi connectivity index (χ0n) is 15.4. The summed E-state index contributed by atoms with van der Waals surface area (Å²) in [6.07, 6.45) is 1.89. The van der Waals surface area contributed by atoms with Crippen LogP contribution in [0.15, 0.2) is 42.5 Å². The molecule has 0 unspecified atom stereocenters. The monoisotopic (exact) mass is 370 g/mol. The molecule has 27 heavy (non-hydrogen) atoms. The minimum Gasteiger partial charge on any atom is -0.497 e. The number of methoxy groups -OCH3 is 1. The third kappa shape index (κ3) is 4.36. The summed E-state index contributed by atoms with van der Waals surface area (Å²) < 4.78 is 10.5. The van der Waals surface area contributed by atoms with Crippen molar-refractivity contribution in [1.29, 1.82) is 0 Å². The maximum Gasteiger partial charge on any atom is 0.311 e. The van der Waals surface area contributed by atoms with E-state index in [-0.39, 0.29) is 23.4 Å². The minimum absolute atomic E-state index is 0.172. The first-order valence-corrected chi connectivity index (χ1v) is 8.88. The molecule has 0 atom stereocenters. The highest BCUT2D eigenvalue weighted by Gasteiger charge is 2.34. The predicted molar refractivity (Wildman–Crippen MR) is 100 cm³/mol. The quantitative estimate of drug-likeness (QED) is 0.521. The molecule has 0 N–H and O–H groups in total. The zero-order chi connectivity index (χ0) is 19.4. The number of nitro benzene ring substituents is 1. The summed E-state index contributed by atoms with van der Waals surface area (Å²) in [5.41, 5.74) is 1.09. The highest BCUT2D eigenvalue weighted by molar-refractivity contribution is 5.95. The molecule has 3 rings (SSSR count). The third-order valence-electron chi connectivity index (χ3n) is 4.46. The Bertz CT molecular complexity index is 831. The fraction of sp³-hybridized carbons (Fsp3) is 0.350. The molecule has 0 saturated heterocycles. The number of carbonyl (C=O) groups is 1. The largest absolute Gasteiger partial charge is 0.497 e. The molecule has 0 aliphatic heterocycles. The molecule has 2 aromatic rings.